The van der Waals surface area contributed by atoms with Gasteiger partial charge in [0.05, 0.1) is 6.20 Å². The number of benzene rings is 2. The van der Waals surface area contributed by atoms with Crippen LogP contribution in [-0.4, -0.2) is 10.9 Å². The van der Waals surface area contributed by atoms with Crippen LogP contribution in [0.3, 0.4) is 0 Å². The predicted octanol–water partition coefficient (Wildman–Crippen LogP) is 3.91. The van der Waals surface area contributed by atoms with Crippen molar-refractivity contribution in [3.05, 3.63) is 72.8 Å². The van der Waals surface area contributed by atoms with Crippen molar-refractivity contribution in [3.8, 4) is 11.3 Å². The van der Waals surface area contributed by atoms with Crippen molar-refractivity contribution in [2.75, 3.05) is 5.32 Å². The van der Waals surface area contributed by atoms with Gasteiger partial charge in [0.2, 0.25) is 5.91 Å². The minimum atomic E-state index is 0.0104. The molecular weight excluding hydrogens is 276 g/mol. The van der Waals surface area contributed by atoms with Crippen molar-refractivity contribution in [1.82, 2.24) is 4.98 Å². The highest BCUT2D eigenvalue weighted by Gasteiger charge is 2.05. The number of oxazole rings is 1. The van der Waals surface area contributed by atoms with E-state index >= 15 is 0 Å². The average Bonchev–Trinajstić information content (AvgIpc) is 3.09. The number of rotatable bonds is 5. The fourth-order valence-corrected chi connectivity index (χ4v) is 2.20. The number of anilines is 1. The zero-order valence-corrected chi connectivity index (χ0v) is 12.0. The van der Waals surface area contributed by atoms with Crippen LogP contribution in [0.2, 0.25) is 0 Å². The summed E-state index contributed by atoms with van der Waals surface area (Å²) in [6.07, 6.45) is 4.26. The van der Waals surface area contributed by atoms with Crippen LogP contribution in [0.4, 0.5) is 5.69 Å². The highest BCUT2D eigenvalue weighted by Crippen LogP contribution is 2.20. The van der Waals surface area contributed by atoms with Gasteiger partial charge in [0.15, 0.2) is 12.2 Å². The molecule has 110 valence electrons. The first-order chi connectivity index (χ1) is 10.8. The van der Waals surface area contributed by atoms with E-state index in [1.54, 1.807) is 6.20 Å². The highest BCUT2D eigenvalue weighted by atomic mass is 16.3. The van der Waals surface area contributed by atoms with Crippen LogP contribution in [0.25, 0.3) is 11.3 Å². The van der Waals surface area contributed by atoms with E-state index in [2.05, 4.69) is 10.3 Å². The van der Waals surface area contributed by atoms with Gasteiger partial charge in [0.25, 0.3) is 0 Å². The molecule has 0 aliphatic rings. The molecule has 0 aliphatic carbocycles. The monoisotopic (exact) mass is 292 g/mol. The number of carbonyl (C=O) groups is 1. The van der Waals surface area contributed by atoms with E-state index < -0.39 is 0 Å². The van der Waals surface area contributed by atoms with Crippen LogP contribution in [-0.2, 0) is 11.2 Å². The fraction of sp³-hybridized carbons (Fsp3) is 0.111. The fourth-order valence-electron chi connectivity index (χ4n) is 2.20. The molecule has 4 heteroatoms. The summed E-state index contributed by atoms with van der Waals surface area (Å²) in [5.74, 6) is 0.721. The summed E-state index contributed by atoms with van der Waals surface area (Å²) in [5.41, 5.74) is 2.87. The molecule has 3 aromatic rings. The number of aromatic nitrogens is 1. The second kappa shape index (κ2) is 6.72. The number of hydrogen-bond donors (Lipinski definition) is 1. The summed E-state index contributed by atoms with van der Waals surface area (Å²) in [7, 11) is 0. The van der Waals surface area contributed by atoms with Crippen LogP contribution in [0.15, 0.2) is 71.6 Å². The van der Waals surface area contributed by atoms with E-state index in [0.717, 1.165) is 17.7 Å². The molecule has 3 rings (SSSR count). The first-order valence-corrected chi connectivity index (χ1v) is 7.14. The third-order valence-corrected chi connectivity index (χ3v) is 3.37. The number of nitrogens with one attached hydrogen (secondary N) is 1. The van der Waals surface area contributed by atoms with E-state index in [0.29, 0.717) is 12.2 Å². The molecule has 4 nitrogen and oxygen atoms in total. The Bertz CT molecular complexity index is 720. The summed E-state index contributed by atoms with van der Waals surface area (Å²) in [4.78, 5) is 15.8. The lowest BCUT2D eigenvalue weighted by Gasteiger charge is -2.06. The molecule has 0 fully saturated rings. The maximum Gasteiger partial charge on any atom is 0.224 e. The van der Waals surface area contributed by atoms with Gasteiger partial charge in [0, 0.05) is 17.7 Å². The van der Waals surface area contributed by atoms with Gasteiger partial charge in [-0.1, -0.05) is 30.3 Å². The number of hydrogen-bond acceptors (Lipinski definition) is 3. The zero-order valence-electron chi connectivity index (χ0n) is 12.0. The number of carbonyl (C=O) groups excluding carboxylic acids is 1. The molecule has 0 atom stereocenters. The lowest BCUT2D eigenvalue weighted by molar-refractivity contribution is -0.116. The van der Waals surface area contributed by atoms with Gasteiger partial charge in [-0.15, -0.1) is 0 Å². The average molecular weight is 292 g/mol. The smallest absolute Gasteiger partial charge is 0.224 e. The second-order valence-corrected chi connectivity index (χ2v) is 4.98. The van der Waals surface area contributed by atoms with Crippen molar-refractivity contribution in [2.45, 2.75) is 12.8 Å². The summed E-state index contributed by atoms with van der Waals surface area (Å²) in [6, 6.07) is 17.5. The number of nitrogens with zero attached hydrogens (tertiary/aromatic N) is 1. The molecule has 1 N–H and O–H groups in total. The maximum absolute atomic E-state index is 12.0. The minimum Gasteiger partial charge on any atom is -0.444 e. The molecule has 1 heterocycles. The molecule has 1 amide bonds. The Morgan fingerprint density at radius 1 is 1.05 bits per heavy atom. The normalized spacial score (nSPS) is 10.4. The maximum atomic E-state index is 12.0. The van der Waals surface area contributed by atoms with Gasteiger partial charge < -0.3 is 9.73 Å². The Kier molecular flexibility index (Phi) is 4.30. The molecule has 0 radical (unpaired) electrons. The van der Waals surface area contributed by atoms with Gasteiger partial charge in [-0.05, 0) is 36.2 Å². The Balaban J connectivity index is 1.55. The Hall–Kier alpha value is -2.88. The molecule has 0 saturated heterocycles. The SMILES string of the molecule is O=C(CCc1ccccc1)Nc1ccc(-c2cnco2)cc1. The third kappa shape index (κ3) is 3.61. The molecule has 22 heavy (non-hydrogen) atoms. The van der Waals surface area contributed by atoms with Crippen LogP contribution < -0.4 is 5.32 Å². The van der Waals surface area contributed by atoms with Gasteiger partial charge in [0.1, 0.15) is 0 Å². The van der Waals surface area contributed by atoms with Crippen LogP contribution >= 0.6 is 0 Å². The van der Waals surface area contributed by atoms with Crippen LogP contribution in [0.5, 0.6) is 0 Å². The van der Waals surface area contributed by atoms with Crippen molar-refractivity contribution in [2.24, 2.45) is 0 Å². The first-order valence-electron chi connectivity index (χ1n) is 7.14. The van der Waals surface area contributed by atoms with Gasteiger partial charge in [-0.25, -0.2) is 4.98 Å². The lowest BCUT2D eigenvalue weighted by atomic mass is 10.1. The van der Waals surface area contributed by atoms with Crippen molar-refractivity contribution >= 4 is 11.6 Å². The Morgan fingerprint density at radius 3 is 2.50 bits per heavy atom. The number of aryl methyl sites for hydroxylation is 1. The molecule has 0 bridgehead atoms. The molecule has 0 unspecified atom stereocenters. The molecule has 2 aromatic carbocycles. The Morgan fingerprint density at radius 2 is 1.82 bits per heavy atom. The summed E-state index contributed by atoms with van der Waals surface area (Å²) < 4.78 is 5.23. The van der Waals surface area contributed by atoms with E-state index in [-0.39, 0.29) is 5.91 Å². The highest BCUT2D eigenvalue weighted by molar-refractivity contribution is 5.91. The minimum absolute atomic E-state index is 0.0104. The first kappa shape index (κ1) is 14.1. The summed E-state index contributed by atoms with van der Waals surface area (Å²) >= 11 is 0. The molecule has 0 aliphatic heterocycles. The summed E-state index contributed by atoms with van der Waals surface area (Å²) in [6.45, 7) is 0. The standard InChI is InChI=1S/C18H16N2O2/c21-18(11-6-14-4-2-1-3-5-14)20-16-9-7-15(8-10-16)17-12-19-13-22-17/h1-5,7-10,12-13H,6,11H2,(H,20,21). The van der Waals surface area contributed by atoms with E-state index in [1.165, 1.54) is 12.0 Å². The van der Waals surface area contributed by atoms with Crippen molar-refractivity contribution < 1.29 is 9.21 Å². The Labute approximate surface area is 128 Å². The summed E-state index contributed by atoms with van der Waals surface area (Å²) in [5, 5.41) is 2.90. The van der Waals surface area contributed by atoms with Gasteiger partial charge >= 0.3 is 0 Å². The van der Waals surface area contributed by atoms with Crippen molar-refractivity contribution in [1.29, 1.82) is 0 Å². The topological polar surface area (TPSA) is 55.1 Å². The largest absolute Gasteiger partial charge is 0.444 e. The van der Waals surface area contributed by atoms with Crippen molar-refractivity contribution in [3.63, 3.8) is 0 Å². The second-order valence-electron chi connectivity index (χ2n) is 4.98. The lowest BCUT2D eigenvalue weighted by Crippen LogP contribution is -2.12. The van der Waals surface area contributed by atoms with E-state index in [1.807, 2.05) is 54.6 Å². The quantitative estimate of drug-likeness (QED) is 0.775. The zero-order chi connectivity index (χ0) is 15.2. The van der Waals surface area contributed by atoms with Gasteiger partial charge in [-0.2, -0.15) is 0 Å². The number of amides is 1. The van der Waals surface area contributed by atoms with Crippen LogP contribution in [0.1, 0.15) is 12.0 Å². The molecule has 0 spiro atoms. The molecular formula is C18H16N2O2. The van der Waals surface area contributed by atoms with E-state index in [9.17, 15) is 4.79 Å². The molecule has 1 aromatic heterocycles. The predicted molar refractivity (Wildman–Crippen MR) is 85.3 cm³/mol. The molecule has 0 saturated carbocycles. The van der Waals surface area contributed by atoms with E-state index in [4.69, 9.17) is 4.42 Å². The van der Waals surface area contributed by atoms with Gasteiger partial charge in [-0.3, -0.25) is 4.79 Å². The third-order valence-electron chi connectivity index (χ3n) is 3.37. The van der Waals surface area contributed by atoms with Crippen LogP contribution in [0, 0.1) is 0 Å².